The van der Waals surface area contributed by atoms with Gasteiger partial charge in [-0.05, 0) is 54.8 Å². The van der Waals surface area contributed by atoms with Crippen LogP contribution >= 0.6 is 15.9 Å². The lowest BCUT2D eigenvalue weighted by Gasteiger charge is -2.30. The molecule has 1 amide bonds. The SMILES string of the molecule is O=C(NCc1cccc(CN2CCOCC2)c1)C1CCCN(Cc2nc(-c3ccc(Br)cc3)no2)C1. The van der Waals surface area contributed by atoms with Gasteiger partial charge in [0, 0.05) is 42.8 Å². The Hall–Kier alpha value is -2.59. The molecule has 0 aliphatic carbocycles. The summed E-state index contributed by atoms with van der Waals surface area (Å²) < 4.78 is 11.9. The van der Waals surface area contributed by atoms with Crippen molar-refractivity contribution in [3.63, 3.8) is 0 Å². The number of carbonyl (C=O) groups is 1. The minimum absolute atomic E-state index is 0.0378. The molecule has 2 aliphatic rings. The molecule has 0 bridgehead atoms. The summed E-state index contributed by atoms with van der Waals surface area (Å²) in [5.41, 5.74) is 3.32. The van der Waals surface area contributed by atoms with Crippen molar-refractivity contribution >= 4 is 21.8 Å². The predicted octanol–water partition coefficient (Wildman–Crippen LogP) is 3.86. The minimum Gasteiger partial charge on any atom is -0.379 e. The van der Waals surface area contributed by atoms with Crippen molar-refractivity contribution in [3.8, 4) is 11.4 Å². The standard InChI is InChI=1S/C27H32BrN5O3/c28-24-8-6-22(7-9-24)26-30-25(36-31-26)19-33-10-2-5-23(18-33)27(34)29-16-20-3-1-4-21(15-20)17-32-11-13-35-14-12-32/h1,3-4,6-9,15,23H,2,5,10-14,16-19H2,(H,29,34). The first-order chi connectivity index (χ1) is 17.6. The van der Waals surface area contributed by atoms with Crippen LogP contribution in [0, 0.1) is 5.92 Å². The van der Waals surface area contributed by atoms with Crippen molar-refractivity contribution in [2.75, 3.05) is 39.4 Å². The van der Waals surface area contributed by atoms with Gasteiger partial charge >= 0.3 is 0 Å². The van der Waals surface area contributed by atoms with Gasteiger partial charge in [0.2, 0.25) is 17.6 Å². The Morgan fingerprint density at radius 3 is 2.67 bits per heavy atom. The first-order valence-electron chi connectivity index (χ1n) is 12.6. The molecule has 0 saturated carbocycles. The van der Waals surface area contributed by atoms with Gasteiger partial charge in [-0.1, -0.05) is 45.4 Å². The number of aromatic nitrogens is 2. The summed E-state index contributed by atoms with van der Waals surface area (Å²) in [5, 5.41) is 7.29. The van der Waals surface area contributed by atoms with Gasteiger partial charge in [0.1, 0.15) is 0 Å². The molecule has 3 heterocycles. The minimum atomic E-state index is -0.0378. The fourth-order valence-electron chi connectivity index (χ4n) is 4.83. The largest absolute Gasteiger partial charge is 0.379 e. The highest BCUT2D eigenvalue weighted by Gasteiger charge is 2.27. The van der Waals surface area contributed by atoms with Gasteiger partial charge < -0.3 is 14.6 Å². The number of amides is 1. The zero-order valence-electron chi connectivity index (χ0n) is 20.4. The van der Waals surface area contributed by atoms with Crippen molar-refractivity contribution in [2.45, 2.75) is 32.5 Å². The number of morpholine rings is 1. The molecule has 2 aromatic carbocycles. The van der Waals surface area contributed by atoms with E-state index in [0.717, 1.165) is 67.8 Å². The maximum absolute atomic E-state index is 13.0. The first kappa shape index (κ1) is 25.1. The summed E-state index contributed by atoms with van der Waals surface area (Å²) in [6.07, 6.45) is 1.87. The highest BCUT2D eigenvalue weighted by molar-refractivity contribution is 9.10. The van der Waals surface area contributed by atoms with Crippen molar-refractivity contribution < 1.29 is 14.1 Å². The van der Waals surface area contributed by atoms with Crippen LogP contribution in [0.15, 0.2) is 57.5 Å². The topological polar surface area (TPSA) is 83.7 Å². The molecule has 0 spiro atoms. The number of piperidine rings is 1. The number of hydrogen-bond acceptors (Lipinski definition) is 7. The molecule has 1 unspecified atom stereocenters. The van der Waals surface area contributed by atoms with Crippen molar-refractivity contribution in [2.24, 2.45) is 5.92 Å². The van der Waals surface area contributed by atoms with E-state index in [0.29, 0.717) is 31.3 Å². The van der Waals surface area contributed by atoms with Crippen molar-refractivity contribution in [3.05, 3.63) is 70.0 Å². The molecule has 36 heavy (non-hydrogen) atoms. The van der Waals surface area contributed by atoms with E-state index in [2.05, 4.69) is 65.5 Å². The maximum Gasteiger partial charge on any atom is 0.241 e. The Kier molecular flexibility index (Phi) is 8.43. The van der Waals surface area contributed by atoms with E-state index >= 15 is 0 Å². The summed E-state index contributed by atoms with van der Waals surface area (Å²) in [7, 11) is 0. The molecular formula is C27H32BrN5O3. The van der Waals surface area contributed by atoms with Gasteiger partial charge in [0.25, 0.3) is 0 Å². The summed E-state index contributed by atoms with van der Waals surface area (Å²) in [6, 6.07) is 16.3. The summed E-state index contributed by atoms with van der Waals surface area (Å²) in [5.74, 6) is 1.23. The number of carbonyl (C=O) groups excluding carboxylic acids is 1. The molecule has 1 atom stereocenters. The van der Waals surface area contributed by atoms with E-state index < -0.39 is 0 Å². The fraction of sp³-hybridized carbons (Fsp3) is 0.444. The smallest absolute Gasteiger partial charge is 0.241 e. The summed E-state index contributed by atoms with van der Waals surface area (Å²) in [6.45, 7) is 7.16. The van der Waals surface area contributed by atoms with Gasteiger partial charge in [-0.2, -0.15) is 4.98 Å². The lowest BCUT2D eigenvalue weighted by atomic mass is 9.97. The molecule has 1 N–H and O–H groups in total. The number of likely N-dealkylation sites (tertiary alicyclic amines) is 1. The Balaban J connectivity index is 1.11. The molecule has 2 saturated heterocycles. The monoisotopic (exact) mass is 553 g/mol. The lowest BCUT2D eigenvalue weighted by molar-refractivity contribution is -0.127. The Morgan fingerprint density at radius 1 is 1.03 bits per heavy atom. The van der Waals surface area contributed by atoms with Gasteiger partial charge in [-0.25, -0.2) is 0 Å². The first-order valence-corrected chi connectivity index (χ1v) is 13.4. The molecule has 3 aromatic rings. The third kappa shape index (κ3) is 6.79. The number of nitrogens with zero attached hydrogens (tertiary/aromatic N) is 4. The van der Waals surface area contributed by atoms with E-state index in [-0.39, 0.29) is 11.8 Å². The zero-order valence-corrected chi connectivity index (χ0v) is 22.0. The normalized spacial score (nSPS) is 19.3. The second kappa shape index (κ2) is 12.1. The molecule has 0 radical (unpaired) electrons. The fourth-order valence-corrected chi connectivity index (χ4v) is 5.09. The highest BCUT2D eigenvalue weighted by Crippen LogP contribution is 2.22. The van der Waals surface area contributed by atoms with Crippen molar-refractivity contribution in [1.82, 2.24) is 25.3 Å². The highest BCUT2D eigenvalue weighted by atomic mass is 79.9. The Bertz CT molecular complexity index is 1150. The van der Waals surface area contributed by atoms with Gasteiger partial charge in [-0.15, -0.1) is 0 Å². The number of hydrogen-bond donors (Lipinski definition) is 1. The average molecular weight is 554 g/mol. The predicted molar refractivity (Wildman–Crippen MR) is 140 cm³/mol. The number of benzene rings is 2. The second-order valence-electron chi connectivity index (χ2n) is 9.52. The number of rotatable bonds is 8. The molecule has 2 fully saturated rings. The van der Waals surface area contributed by atoms with Gasteiger partial charge in [-0.3, -0.25) is 14.6 Å². The number of halogens is 1. The molecule has 8 nitrogen and oxygen atoms in total. The molecule has 190 valence electrons. The lowest BCUT2D eigenvalue weighted by Crippen LogP contribution is -2.42. The van der Waals surface area contributed by atoms with Crippen LogP contribution in [-0.2, 0) is 29.2 Å². The zero-order chi connectivity index (χ0) is 24.7. The molecule has 9 heteroatoms. The quantitative estimate of drug-likeness (QED) is 0.453. The van der Waals surface area contributed by atoms with Crippen LogP contribution in [0.1, 0.15) is 29.9 Å². The van der Waals surface area contributed by atoms with Crippen LogP contribution in [0.25, 0.3) is 11.4 Å². The van der Waals surface area contributed by atoms with Crippen LogP contribution in [-0.4, -0.2) is 65.2 Å². The molecule has 1 aromatic heterocycles. The van der Waals surface area contributed by atoms with E-state index in [1.165, 1.54) is 5.56 Å². The molecule has 2 aliphatic heterocycles. The van der Waals surface area contributed by atoms with Gasteiger partial charge in [0.15, 0.2) is 0 Å². The van der Waals surface area contributed by atoms with Gasteiger partial charge in [0.05, 0.1) is 25.7 Å². The summed E-state index contributed by atoms with van der Waals surface area (Å²) >= 11 is 3.44. The average Bonchev–Trinajstić information content (AvgIpc) is 3.37. The number of nitrogens with one attached hydrogen (secondary N) is 1. The third-order valence-corrected chi connectivity index (χ3v) is 7.30. The maximum atomic E-state index is 13.0. The van der Waals surface area contributed by atoms with E-state index in [9.17, 15) is 4.79 Å². The van der Waals surface area contributed by atoms with Crippen LogP contribution in [0.3, 0.4) is 0 Å². The van der Waals surface area contributed by atoms with Crippen LogP contribution in [0.4, 0.5) is 0 Å². The Labute approximate surface area is 220 Å². The molecular weight excluding hydrogens is 522 g/mol. The summed E-state index contributed by atoms with van der Waals surface area (Å²) in [4.78, 5) is 22.2. The van der Waals surface area contributed by atoms with E-state index in [4.69, 9.17) is 9.26 Å². The van der Waals surface area contributed by atoms with Crippen LogP contribution in [0.5, 0.6) is 0 Å². The second-order valence-corrected chi connectivity index (χ2v) is 10.4. The van der Waals surface area contributed by atoms with Crippen LogP contribution in [0.2, 0.25) is 0 Å². The molecule has 5 rings (SSSR count). The van der Waals surface area contributed by atoms with Crippen molar-refractivity contribution in [1.29, 1.82) is 0 Å². The number of ether oxygens (including phenoxy) is 1. The van der Waals surface area contributed by atoms with E-state index in [1.54, 1.807) is 0 Å². The Morgan fingerprint density at radius 2 is 1.83 bits per heavy atom. The van der Waals surface area contributed by atoms with E-state index in [1.807, 2.05) is 24.3 Å². The van der Waals surface area contributed by atoms with Crippen LogP contribution < -0.4 is 5.32 Å². The third-order valence-electron chi connectivity index (χ3n) is 6.77.